The SMILES string of the molecule is CC(C)=[N+]1CCCCC1Cl.[Cl-]. The Hall–Kier alpha value is 0.250. The molecule has 1 unspecified atom stereocenters. The largest absolute Gasteiger partial charge is 1.00 e. The Kier molecular flexibility index (Phi) is 5.11. The number of hydrogen-bond donors (Lipinski definition) is 0. The van der Waals surface area contributed by atoms with Crippen LogP contribution in [0.25, 0.3) is 0 Å². The van der Waals surface area contributed by atoms with Gasteiger partial charge in [-0.15, -0.1) is 0 Å². The van der Waals surface area contributed by atoms with Crippen molar-refractivity contribution in [3.8, 4) is 0 Å². The molecule has 0 radical (unpaired) electrons. The molecule has 1 rings (SSSR count). The van der Waals surface area contributed by atoms with Crippen LogP contribution >= 0.6 is 11.6 Å². The van der Waals surface area contributed by atoms with Crippen molar-refractivity contribution in [2.75, 3.05) is 6.54 Å². The lowest BCUT2D eigenvalue weighted by Crippen LogP contribution is -3.00. The second-order valence-corrected chi connectivity index (χ2v) is 3.57. The normalized spacial score (nSPS) is 24.3. The summed E-state index contributed by atoms with van der Waals surface area (Å²) in [6.45, 7) is 5.40. The molecule has 66 valence electrons. The highest BCUT2D eigenvalue weighted by Crippen LogP contribution is 2.15. The van der Waals surface area contributed by atoms with Crippen LogP contribution in [0, 0.1) is 0 Å². The quantitative estimate of drug-likeness (QED) is 0.272. The number of halogens is 2. The molecule has 0 spiro atoms. The number of piperidine rings is 1. The predicted molar refractivity (Wildman–Crippen MR) is 45.0 cm³/mol. The van der Waals surface area contributed by atoms with E-state index in [1.807, 2.05) is 0 Å². The molecular weight excluding hydrogens is 181 g/mol. The average molecular weight is 196 g/mol. The van der Waals surface area contributed by atoms with Crippen LogP contribution in [0.5, 0.6) is 0 Å². The molecule has 1 atom stereocenters. The highest BCUT2D eigenvalue weighted by molar-refractivity contribution is 6.19. The first-order valence-corrected chi connectivity index (χ1v) is 4.36. The van der Waals surface area contributed by atoms with Crippen molar-refractivity contribution in [1.29, 1.82) is 0 Å². The molecule has 0 amide bonds. The third-order valence-electron chi connectivity index (χ3n) is 2.00. The molecule has 1 aliphatic rings. The molecule has 1 saturated heterocycles. The minimum atomic E-state index is 0. The molecule has 0 aromatic carbocycles. The van der Waals surface area contributed by atoms with Gasteiger partial charge in [-0.3, -0.25) is 0 Å². The minimum absolute atomic E-state index is 0. The van der Waals surface area contributed by atoms with E-state index in [9.17, 15) is 0 Å². The van der Waals surface area contributed by atoms with Crippen LogP contribution in [0.3, 0.4) is 0 Å². The van der Waals surface area contributed by atoms with E-state index >= 15 is 0 Å². The summed E-state index contributed by atoms with van der Waals surface area (Å²) in [5, 5.41) is 0. The van der Waals surface area contributed by atoms with Gasteiger partial charge in [0.2, 0.25) is 5.50 Å². The fourth-order valence-corrected chi connectivity index (χ4v) is 1.84. The first-order valence-electron chi connectivity index (χ1n) is 3.92. The van der Waals surface area contributed by atoms with E-state index in [0.29, 0.717) is 0 Å². The van der Waals surface area contributed by atoms with Gasteiger partial charge in [0, 0.05) is 26.7 Å². The number of hydrogen-bond acceptors (Lipinski definition) is 0. The van der Waals surface area contributed by atoms with Crippen molar-refractivity contribution in [3.05, 3.63) is 0 Å². The third kappa shape index (κ3) is 3.00. The van der Waals surface area contributed by atoms with Gasteiger partial charge in [-0.05, 0) is 18.0 Å². The Morgan fingerprint density at radius 1 is 1.36 bits per heavy atom. The molecule has 1 fully saturated rings. The van der Waals surface area contributed by atoms with E-state index in [-0.39, 0.29) is 17.9 Å². The van der Waals surface area contributed by atoms with Crippen LogP contribution in [0.15, 0.2) is 0 Å². The van der Waals surface area contributed by atoms with Gasteiger partial charge in [0.15, 0.2) is 0 Å². The summed E-state index contributed by atoms with van der Waals surface area (Å²) in [7, 11) is 0. The van der Waals surface area contributed by atoms with E-state index in [0.717, 1.165) is 13.0 Å². The summed E-state index contributed by atoms with van der Waals surface area (Å²) in [5.74, 6) is 0. The maximum absolute atomic E-state index is 6.08. The average Bonchev–Trinajstić information content (AvgIpc) is 1.88. The van der Waals surface area contributed by atoms with E-state index in [1.54, 1.807) is 0 Å². The zero-order chi connectivity index (χ0) is 7.56. The second kappa shape index (κ2) is 5.00. The fraction of sp³-hybridized carbons (Fsp3) is 0.875. The summed E-state index contributed by atoms with van der Waals surface area (Å²) >= 11 is 6.08. The standard InChI is InChI=1S/C8H15ClN.ClH/c1-7(2)10-6-4-3-5-8(10)9;/h8H,3-6H2,1-2H3;1H/q+1;/p-1. The van der Waals surface area contributed by atoms with Gasteiger partial charge in [-0.1, -0.05) is 0 Å². The maximum Gasteiger partial charge on any atom is 0.227 e. The molecule has 0 bridgehead atoms. The van der Waals surface area contributed by atoms with Crippen molar-refractivity contribution >= 4 is 17.3 Å². The number of nitrogens with zero attached hydrogens (tertiary/aromatic N) is 1. The van der Waals surface area contributed by atoms with Crippen molar-refractivity contribution in [2.24, 2.45) is 0 Å². The van der Waals surface area contributed by atoms with Gasteiger partial charge in [-0.25, -0.2) is 4.58 Å². The van der Waals surface area contributed by atoms with E-state index in [1.165, 1.54) is 18.6 Å². The van der Waals surface area contributed by atoms with Crippen LogP contribution in [0.4, 0.5) is 0 Å². The van der Waals surface area contributed by atoms with Crippen LogP contribution in [0.2, 0.25) is 0 Å². The molecular formula is C8H15Cl2N. The monoisotopic (exact) mass is 195 g/mol. The molecule has 1 nitrogen and oxygen atoms in total. The summed E-state index contributed by atoms with van der Waals surface area (Å²) < 4.78 is 2.28. The second-order valence-electron chi connectivity index (χ2n) is 3.07. The Bertz CT molecular complexity index is 150. The topological polar surface area (TPSA) is 3.01 Å². The van der Waals surface area contributed by atoms with Crippen molar-refractivity contribution in [1.82, 2.24) is 0 Å². The van der Waals surface area contributed by atoms with Crippen LogP contribution in [-0.2, 0) is 0 Å². The summed E-state index contributed by atoms with van der Waals surface area (Å²) in [6, 6.07) is 0. The Morgan fingerprint density at radius 2 is 2.00 bits per heavy atom. The molecule has 0 aliphatic carbocycles. The van der Waals surface area contributed by atoms with Crippen molar-refractivity contribution in [3.63, 3.8) is 0 Å². The van der Waals surface area contributed by atoms with Crippen molar-refractivity contribution in [2.45, 2.75) is 38.6 Å². The zero-order valence-electron chi connectivity index (χ0n) is 7.11. The third-order valence-corrected chi connectivity index (χ3v) is 2.46. The Morgan fingerprint density at radius 3 is 2.36 bits per heavy atom. The number of alkyl halides is 1. The smallest absolute Gasteiger partial charge is 0.227 e. The summed E-state index contributed by atoms with van der Waals surface area (Å²) in [5.41, 5.74) is 1.61. The van der Waals surface area contributed by atoms with E-state index in [2.05, 4.69) is 18.4 Å². The first-order chi connectivity index (χ1) is 4.72. The maximum atomic E-state index is 6.08. The molecule has 1 aliphatic heterocycles. The molecule has 3 heteroatoms. The van der Waals surface area contributed by atoms with Gasteiger partial charge in [-0.2, -0.15) is 0 Å². The van der Waals surface area contributed by atoms with Crippen molar-refractivity contribution < 1.29 is 17.0 Å². The molecule has 0 aromatic heterocycles. The van der Waals surface area contributed by atoms with Gasteiger partial charge in [0.25, 0.3) is 0 Å². The van der Waals surface area contributed by atoms with E-state index in [4.69, 9.17) is 11.6 Å². The van der Waals surface area contributed by atoms with Crippen LogP contribution in [-0.4, -0.2) is 22.3 Å². The molecule has 11 heavy (non-hydrogen) atoms. The lowest BCUT2D eigenvalue weighted by molar-refractivity contribution is -0.555. The molecule has 1 heterocycles. The minimum Gasteiger partial charge on any atom is -1.00 e. The number of rotatable bonds is 0. The lowest BCUT2D eigenvalue weighted by Gasteiger charge is -2.16. The van der Waals surface area contributed by atoms with Gasteiger partial charge >= 0.3 is 0 Å². The highest BCUT2D eigenvalue weighted by atomic mass is 35.5. The first kappa shape index (κ1) is 11.2. The Balaban J connectivity index is 0.000001000. The van der Waals surface area contributed by atoms with Gasteiger partial charge in [0.1, 0.15) is 12.3 Å². The Labute approximate surface area is 79.8 Å². The molecule has 0 saturated carbocycles. The summed E-state index contributed by atoms with van der Waals surface area (Å²) in [4.78, 5) is 0. The lowest BCUT2D eigenvalue weighted by atomic mass is 10.1. The predicted octanol–water partition coefficient (Wildman–Crippen LogP) is -0.767. The van der Waals surface area contributed by atoms with Gasteiger partial charge < -0.3 is 12.4 Å². The molecule has 0 aromatic rings. The van der Waals surface area contributed by atoms with E-state index < -0.39 is 0 Å². The highest BCUT2D eigenvalue weighted by Gasteiger charge is 2.22. The van der Waals surface area contributed by atoms with Gasteiger partial charge in [0.05, 0.1) is 0 Å². The summed E-state index contributed by atoms with van der Waals surface area (Å²) in [6.07, 6.45) is 3.74. The zero-order valence-corrected chi connectivity index (χ0v) is 8.62. The van der Waals surface area contributed by atoms with Crippen LogP contribution in [0.1, 0.15) is 33.1 Å². The fourth-order valence-electron chi connectivity index (χ4n) is 1.39. The van der Waals surface area contributed by atoms with Crippen LogP contribution < -0.4 is 12.4 Å². The molecule has 0 N–H and O–H groups in total.